The Bertz CT molecular complexity index is 319. The van der Waals surface area contributed by atoms with Gasteiger partial charge in [0, 0.05) is 6.54 Å². The van der Waals surface area contributed by atoms with Gasteiger partial charge in [0.1, 0.15) is 5.75 Å². The van der Waals surface area contributed by atoms with E-state index in [1.807, 2.05) is 19.1 Å². The van der Waals surface area contributed by atoms with E-state index in [0.717, 1.165) is 18.7 Å². The first-order valence-corrected chi connectivity index (χ1v) is 4.88. The minimum atomic E-state index is 0.267. The molecule has 0 amide bonds. The normalized spacial score (nSPS) is 22.2. The molecule has 0 spiro atoms. The zero-order valence-corrected chi connectivity index (χ0v) is 8.29. The minimum absolute atomic E-state index is 0.267. The van der Waals surface area contributed by atoms with E-state index in [2.05, 4.69) is 5.32 Å². The second kappa shape index (κ2) is 3.98. The van der Waals surface area contributed by atoms with E-state index in [1.165, 1.54) is 5.56 Å². The molecule has 1 aromatic carbocycles. The van der Waals surface area contributed by atoms with E-state index < -0.39 is 0 Å². The molecule has 2 rings (SSSR count). The number of rotatable bonds is 1. The summed E-state index contributed by atoms with van der Waals surface area (Å²) in [5, 5.41) is 12.8. The summed E-state index contributed by atoms with van der Waals surface area (Å²) in [6, 6.07) is 5.94. The van der Waals surface area contributed by atoms with Gasteiger partial charge in [0.15, 0.2) is 0 Å². The van der Waals surface area contributed by atoms with Gasteiger partial charge in [-0.2, -0.15) is 0 Å². The van der Waals surface area contributed by atoms with E-state index in [1.54, 1.807) is 6.07 Å². The molecular weight excluding hydrogens is 178 g/mol. The molecule has 1 heterocycles. The molecule has 0 aromatic heterocycles. The number of nitrogens with one attached hydrogen (secondary N) is 1. The van der Waals surface area contributed by atoms with E-state index in [9.17, 15) is 5.11 Å². The Labute approximate surface area is 83.7 Å². The zero-order chi connectivity index (χ0) is 9.97. The summed E-state index contributed by atoms with van der Waals surface area (Å²) >= 11 is 0. The number of ether oxygens (including phenoxy) is 1. The molecule has 14 heavy (non-hydrogen) atoms. The number of hydrogen-bond donors (Lipinski definition) is 2. The molecule has 0 aliphatic carbocycles. The standard InChI is InChI=1S/C11H15NO2/c1-8-6-9(2-3-11(8)13)10-7-14-5-4-12-10/h2-3,6,10,12-13H,4-5,7H2,1H3. The van der Waals surface area contributed by atoms with Crippen molar-refractivity contribution in [2.24, 2.45) is 0 Å². The fraction of sp³-hybridized carbons (Fsp3) is 0.455. The molecule has 1 aromatic rings. The average molecular weight is 193 g/mol. The molecule has 1 saturated heterocycles. The Balaban J connectivity index is 2.18. The van der Waals surface area contributed by atoms with Gasteiger partial charge in [0.25, 0.3) is 0 Å². The summed E-state index contributed by atoms with van der Waals surface area (Å²) in [5.41, 5.74) is 2.09. The molecular formula is C11H15NO2. The highest BCUT2D eigenvalue weighted by Crippen LogP contribution is 2.22. The second-order valence-corrected chi connectivity index (χ2v) is 3.63. The van der Waals surface area contributed by atoms with Crippen molar-refractivity contribution in [3.8, 4) is 5.75 Å². The van der Waals surface area contributed by atoms with Crippen LogP contribution in [0.25, 0.3) is 0 Å². The number of phenols is 1. The van der Waals surface area contributed by atoms with Gasteiger partial charge in [0.05, 0.1) is 19.3 Å². The molecule has 0 radical (unpaired) electrons. The predicted molar refractivity (Wildman–Crippen MR) is 54.4 cm³/mol. The summed E-state index contributed by atoms with van der Waals surface area (Å²) in [5.74, 6) is 0.352. The van der Waals surface area contributed by atoms with Gasteiger partial charge in [-0.25, -0.2) is 0 Å². The Kier molecular flexibility index (Phi) is 2.70. The highest BCUT2D eigenvalue weighted by atomic mass is 16.5. The van der Waals surface area contributed by atoms with Crippen LogP contribution in [-0.2, 0) is 4.74 Å². The Morgan fingerprint density at radius 1 is 1.50 bits per heavy atom. The average Bonchev–Trinajstić information content (AvgIpc) is 2.23. The number of phenolic OH excluding ortho intramolecular Hbond substituents is 1. The highest BCUT2D eigenvalue weighted by molar-refractivity contribution is 5.36. The van der Waals surface area contributed by atoms with Gasteiger partial charge < -0.3 is 15.2 Å². The number of benzene rings is 1. The van der Waals surface area contributed by atoms with Gasteiger partial charge in [-0.05, 0) is 24.1 Å². The monoisotopic (exact) mass is 193 g/mol. The van der Waals surface area contributed by atoms with Crippen LogP contribution in [-0.4, -0.2) is 24.9 Å². The molecule has 76 valence electrons. The number of hydrogen-bond acceptors (Lipinski definition) is 3. The van der Waals surface area contributed by atoms with Crippen molar-refractivity contribution in [3.63, 3.8) is 0 Å². The van der Waals surface area contributed by atoms with Gasteiger partial charge in [-0.3, -0.25) is 0 Å². The predicted octanol–water partition coefficient (Wildman–Crippen LogP) is 1.36. The first kappa shape index (κ1) is 9.49. The van der Waals surface area contributed by atoms with Crippen molar-refractivity contribution in [1.82, 2.24) is 5.32 Å². The third kappa shape index (κ3) is 1.89. The van der Waals surface area contributed by atoms with Crippen molar-refractivity contribution in [3.05, 3.63) is 29.3 Å². The van der Waals surface area contributed by atoms with Crippen LogP contribution in [0.2, 0.25) is 0 Å². The van der Waals surface area contributed by atoms with Crippen LogP contribution in [0.1, 0.15) is 17.2 Å². The van der Waals surface area contributed by atoms with Crippen LogP contribution in [0.15, 0.2) is 18.2 Å². The second-order valence-electron chi connectivity index (χ2n) is 3.63. The van der Waals surface area contributed by atoms with E-state index >= 15 is 0 Å². The smallest absolute Gasteiger partial charge is 0.118 e. The summed E-state index contributed by atoms with van der Waals surface area (Å²) in [7, 11) is 0. The van der Waals surface area contributed by atoms with Crippen molar-refractivity contribution in [1.29, 1.82) is 0 Å². The van der Waals surface area contributed by atoms with Crippen LogP contribution in [0.3, 0.4) is 0 Å². The van der Waals surface area contributed by atoms with Gasteiger partial charge in [0.2, 0.25) is 0 Å². The lowest BCUT2D eigenvalue weighted by Crippen LogP contribution is -2.34. The minimum Gasteiger partial charge on any atom is -0.508 e. The van der Waals surface area contributed by atoms with E-state index in [-0.39, 0.29) is 6.04 Å². The molecule has 3 nitrogen and oxygen atoms in total. The first-order chi connectivity index (χ1) is 6.77. The third-order valence-electron chi connectivity index (χ3n) is 2.54. The molecule has 3 heteroatoms. The number of aryl methyl sites for hydroxylation is 1. The van der Waals surface area contributed by atoms with Crippen LogP contribution in [0, 0.1) is 6.92 Å². The lowest BCUT2D eigenvalue weighted by Gasteiger charge is -2.24. The van der Waals surface area contributed by atoms with E-state index in [0.29, 0.717) is 12.4 Å². The topological polar surface area (TPSA) is 41.5 Å². The van der Waals surface area contributed by atoms with Crippen molar-refractivity contribution in [2.45, 2.75) is 13.0 Å². The fourth-order valence-electron chi connectivity index (χ4n) is 1.67. The fourth-order valence-corrected chi connectivity index (χ4v) is 1.67. The Morgan fingerprint density at radius 2 is 2.36 bits per heavy atom. The lowest BCUT2D eigenvalue weighted by atomic mass is 10.0. The molecule has 1 aliphatic heterocycles. The molecule has 0 saturated carbocycles. The van der Waals surface area contributed by atoms with Crippen molar-refractivity contribution >= 4 is 0 Å². The van der Waals surface area contributed by atoms with E-state index in [4.69, 9.17) is 4.74 Å². The molecule has 0 bridgehead atoms. The summed E-state index contributed by atoms with van der Waals surface area (Å²) < 4.78 is 5.38. The van der Waals surface area contributed by atoms with Crippen LogP contribution < -0.4 is 5.32 Å². The van der Waals surface area contributed by atoms with Crippen molar-refractivity contribution in [2.75, 3.05) is 19.8 Å². The Hall–Kier alpha value is -1.06. The maximum absolute atomic E-state index is 9.39. The third-order valence-corrected chi connectivity index (χ3v) is 2.54. The first-order valence-electron chi connectivity index (χ1n) is 4.88. The molecule has 1 unspecified atom stereocenters. The molecule has 1 aliphatic rings. The summed E-state index contributed by atoms with van der Waals surface area (Å²) in [4.78, 5) is 0. The van der Waals surface area contributed by atoms with Gasteiger partial charge in [-0.1, -0.05) is 12.1 Å². The van der Waals surface area contributed by atoms with Gasteiger partial charge in [-0.15, -0.1) is 0 Å². The maximum Gasteiger partial charge on any atom is 0.118 e. The number of aromatic hydroxyl groups is 1. The SMILES string of the molecule is Cc1cc(C2COCCN2)ccc1O. The molecule has 2 N–H and O–H groups in total. The quantitative estimate of drug-likeness (QED) is 0.707. The van der Waals surface area contributed by atoms with Gasteiger partial charge >= 0.3 is 0 Å². The summed E-state index contributed by atoms with van der Waals surface area (Å²) in [6.07, 6.45) is 0. The number of morpholine rings is 1. The summed E-state index contributed by atoms with van der Waals surface area (Å²) in [6.45, 7) is 4.30. The van der Waals surface area contributed by atoms with Crippen molar-refractivity contribution < 1.29 is 9.84 Å². The molecule has 1 atom stereocenters. The van der Waals surface area contributed by atoms with Crippen LogP contribution in [0.5, 0.6) is 5.75 Å². The zero-order valence-electron chi connectivity index (χ0n) is 8.29. The van der Waals surface area contributed by atoms with Crippen LogP contribution >= 0.6 is 0 Å². The Morgan fingerprint density at radius 3 is 3.00 bits per heavy atom. The highest BCUT2D eigenvalue weighted by Gasteiger charge is 2.15. The maximum atomic E-state index is 9.39. The largest absolute Gasteiger partial charge is 0.508 e. The molecule has 1 fully saturated rings. The van der Waals surface area contributed by atoms with Crippen LogP contribution in [0.4, 0.5) is 0 Å². The lowest BCUT2D eigenvalue weighted by molar-refractivity contribution is 0.0768.